The summed E-state index contributed by atoms with van der Waals surface area (Å²) in [5.41, 5.74) is 4.44. The lowest BCUT2D eigenvalue weighted by atomic mass is 10.1. The Balaban J connectivity index is 1.36. The van der Waals surface area contributed by atoms with Crippen molar-refractivity contribution >= 4 is 11.8 Å². The van der Waals surface area contributed by atoms with E-state index in [0.717, 1.165) is 23.3 Å². The van der Waals surface area contributed by atoms with Gasteiger partial charge in [-0.25, -0.2) is 4.68 Å². The van der Waals surface area contributed by atoms with Gasteiger partial charge in [0.05, 0.1) is 5.75 Å². The third-order valence-electron chi connectivity index (χ3n) is 4.84. The maximum absolute atomic E-state index is 6.14. The highest BCUT2D eigenvalue weighted by atomic mass is 32.2. The zero-order valence-corrected chi connectivity index (χ0v) is 18.5. The highest BCUT2D eigenvalue weighted by Gasteiger charge is 2.14. The summed E-state index contributed by atoms with van der Waals surface area (Å²) in [5, 5.41) is 12.9. The van der Waals surface area contributed by atoms with Gasteiger partial charge in [0.2, 0.25) is 16.9 Å². The second-order valence-electron chi connectivity index (χ2n) is 7.18. The third kappa shape index (κ3) is 4.88. The van der Waals surface area contributed by atoms with Crippen LogP contribution in [0.15, 0.2) is 52.1 Å². The first-order valence-corrected chi connectivity index (χ1v) is 11.0. The zero-order chi connectivity index (χ0) is 21.8. The minimum absolute atomic E-state index is 0.229. The van der Waals surface area contributed by atoms with Crippen LogP contribution in [0.1, 0.15) is 35.3 Å². The molecule has 0 bridgehead atoms. The van der Waals surface area contributed by atoms with E-state index in [-0.39, 0.29) is 6.61 Å². The molecule has 8 nitrogen and oxygen atoms in total. The summed E-state index contributed by atoms with van der Waals surface area (Å²) in [6, 6.07) is 14.2. The molecule has 160 valence electrons. The van der Waals surface area contributed by atoms with Gasteiger partial charge in [-0.2, -0.15) is 4.98 Å². The maximum Gasteiger partial charge on any atom is 0.237 e. The Morgan fingerprint density at radius 2 is 1.90 bits per heavy atom. The number of hydrogen-bond donors (Lipinski definition) is 1. The van der Waals surface area contributed by atoms with E-state index < -0.39 is 0 Å². The van der Waals surface area contributed by atoms with Crippen LogP contribution in [0, 0.1) is 13.8 Å². The molecule has 31 heavy (non-hydrogen) atoms. The fraction of sp³-hybridized carbons (Fsp3) is 0.273. The highest BCUT2D eigenvalue weighted by Crippen LogP contribution is 2.24. The molecule has 4 rings (SSSR count). The standard InChI is InChI=1S/C22H24N6O2S/c1-4-16-6-8-17(9-7-16)21-24-20(30-27-21)13-31-22-26-25-19(28(22)23)12-29-18-10-5-14(2)11-15(18)3/h5-11H,4,12-13,23H2,1-3H3. The summed E-state index contributed by atoms with van der Waals surface area (Å²) < 4.78 is 12.6. The van der Waals surface area contributed by atoms with Gasteiger partial charge in [-0.15, -0.1) is 10.2 Å². The molecule has 0 fully saturated rings. The molecule has 4 aromatic rings. The van der Waals surface area contributed by atoms with Crippen LogP contribution in [0.25, 0.3) is 11.4 Å². The molecule has 0 unspecified atom stereocenters. The Hall–Kier alpha value is -3.33. The minimum atomic E-state index is 0.229. The predicted octanol–water partition coefficient (Wildman–Crippen LogP) is 4.09. The van der Waals surface area contributed by atoms with Gasteiger partial charge in [0.15, 0.2) is 5.82 Å². The van der Waals surface area contributed by atoms with Crippen molar-refractivity contribution < 1.29 is 9.26 Å². The van der Waals surface area contributed by atoms with Crippen LogP contribution in [0.4, 0.5) is 0 Å². The molecule has 0 aliphatic heterocycles. The summed E-state index contributed by atoms with van der Waals surface area (Å²) in [6.07, 6.45) is 0.992. The third-order valence-corrected chi connectivity index (χ3v) is 5.76. The van der Waals surface area contributed by atoms with Crippen LogP contribution in [-0.4, -0.2) is 25.0 Å². The van der Waals surface area contributed by atoms with Gasteiger partial charge in [-0.1, -0.05) is 65.8 Å². The Bertz CT molecular complexity index is 1170. The average molecular weight is 437 g/mol. The smallest absolute Gasteiger partial charge is 0.237 e. The van der Waals surface area contributed by atoms with Crippen molar-refractivity contribution in [2.75, 3.05) is 5.84 Å². The molecule has 9 heteroatoms. The number of ether oxygens (including phenoxy) is 1. The van der Waals surface area contributed by atoms with E-state index in [1.807, 2.05) is 38.1 Å². The van der Waals surface area contributed by atoms with E-state index in [9.17, 15) is 0 Å². The van der Waals surface area contributed by atoms with Crippen LogP contribution in [0.5, 0.6) is 5.75 Å². The van der Waals surface area contributed by atoms with Gasteiger partial charge < -0.3 is 15.1 Å². The van der Waals surface area contributed by atoms with E-state index >= 15 is 0 Å². The normalized spacial score (nSPS) is 11.1. The first-order chi connectivity index (χ1) is 15.0. The summed E-state index contributed by atoms with van der Waals surface area (Å²) in [6.45, 7) is 6.40. The number of nitrogens with zero attached hydrogens (tertiary/aromatic N) is 5. The number of nitrogens with two attached hydrogens (primary N) is 1. The average Bonchev–Trinajstić information content (AvgIpc) is 3.39. The number of benzene rings is 2. The second kappa shape index (κ2) is 9.22. The van der Waals surface area contributed by atoms with Crippen molar-refractivity contribution in [1.82, 2.24) is 25.0 Å². The summed E-state index contributed by atoms with van der Waals surface area (Å²) in [7, 11) is 0. The quantitative estimate of drug-likeness (QED) is 0.325. The monoisotopic (exact) mass is 436 g/mol. The molecular weight excluding hydrogens is 412 g/mol. The van der Waals surface area contributed by atoms with Crippen molar-refractivity contribution in [3.05, 3.63) is 70.9 Å². The number of nitrogen functional groups attached to an aromatic ring is 1. The first kappa shape index (κ1) is 20.9. The number of rotatable bonds is 8. The van der Waals surface area contributed by atoms with Crippen molar-refractivity contribution in [3.63, 3.8) is 0 Å². The molecule has 0 saturated carbocycles. The fourth-order valence-electron chi connectivity index (χ4n) is 3.05. The molecule has 0 atom stereocenters. The molecule has 2 aromatic heterocycles. The van der Waals surface area contributed by atoms with Gasteiger partial charge in [0.1, 0.15) is 12.4 Å². The maximum atomic E-state index is 6.14. The Kier molecular flexibility index (Phi) is 6.22. The van der Waals surface area contributed by atoms with E-state index in [4.69, 9.17) is 15.1 Å². The van der Waals surface area contributed by atoms with Crippen LogP contribution in [0.3, 0.4) is 0 Å². The second-order valence-corrected chi connectivity index (χ2v) is 8.12. The summed E-state index contributed by atoms with van der Waals surface area (Å²) >= 11 is 1.37. The molecule has 0 amide bonds. The van der Waals surface area contributed by atoms with Gasteiger partial charge in [-0.3, -0.25) is 0 Å². The van der Waals surface area contributed by atoms with Crippen LogP contribution < -0.4 is 10.6 Å². The molecular formula is C22H24N6O2S. The molecule has 0 saturated heterocycles. The van der Waals surface area contributed by atoms with Crippen molar-refractivity contribution in [3.8, 4) is 17.1 Å². The minimum Gasteiger partial charge on any atom is -0.485 e. The first-order valence-electron chi connectivity index (χ1n) is 9.97. The lowest BCUT2D eigenvalue weighted by molar-refractivity contribution is 0.289. The van der Waals surface area contributed by atoms with Crippen molar-refractivity contribution in [2.24, 2.45) is 0 Å². The number of aryl methyl sites for hydroxylation is 3. The Labute approximate surface area is 184 Å². The largest absolute Gasteiger partial charge is 0.485 e. The van der Waals surface area contributed by atoms with Gasteiger partial charge in [-0.05, 0) is 37.5 Å². The van der Waals surface area contributed by atoms with Gasteiger partial charge >= 0.3 is 0 Å². The lowest BCUT2D eigenvalue weighted by Gasteiger charge is -2.09. The van der Waals surface area contributed by atoms with E-state index in [2.05, 4.69) is 45.5 Å². The lowest BCUT2D eigenvalue weighted by Crippen LogP contribution is -2.16. The SMILES string of the molecule is CCc1ccc(-c2noc(CSc3nnc(COc4ccc(C)cc4C)n3N)n2)cc1. The van der Waals surface area contributed by atoms with Crippen molar-refractivity contribution in [1.29, 1.82) is 0 Å². The Morgan fingerprint density at radius 3 is 2.65 bits per heavy atom. The van der Waals surface area contributed by atoms with E-state index in [0.29, 0.717) is 28.4 Å². The molecule has 2 heterocycles. The fourth-order valence-corrected chi connectivity index (χ4v) is 3.77. The molecule has 0 aliphatic carbocycles. The molecule has 0 aliphatic rings. The van der Waals surface area contributed by atoms with E-state index in [1.54, 1.807) is 0 Å². The number of hydrogen-bond acceptors (Lipinski definition) is 8. The van der Waals surface area contributed by atoms with E-state index in [1.165, 1.54) is 27.6 Å². The summed E-state index contributed by atoms with van der Waals surface area (Å²) in [5.74, 6) is 8.97. The molecule has 2 N–H and O–H groups in total. The molecule has 2 aromatic carbocycles. The van der Waals surface area contributed by atoms with Gasteiger partial charge in [0.25, 0.3) is 0 Å². The van der Waals surface area contributed by atoms with Crippen LogP contribution in [-0.2, 0) is 18.8 Å². The highest BCUT2D eigenvalue weighted by molar-refractivity contribution is 7.98. The zero-order valence-electron chi connectivity index (χ0n) is 17.7. The Morgan fingerprint density at radius 1 is 1.10 bits per heavy atom. The topological polar surface area (TPSA) is 105 Å². The van der Waals surface area contributed by atoms with Crippen molar-refractivity contribution in [2.45, 2.75) is 44.7 Å². The van der Waals surface area contributed by atoms with Crippen LogP contribution in [0.2, 0.25) is 0 Å². The summed E-state index contributed by atoms with van der Waals surface area (Å²) in [4.78, 5) is 4.46. The molecule has 0 spiro atoms. The number of thioether (sulfide) groups is 1. The number of aromatic nitrogens is 5. The van der Waals surface area contributed by atoms with Crippen LogP contribution >= 0.6 is 11.8 Å². The van der Waals surface area contributed by atoms with Gasteiger partial charge in [0, 0.05) is 5.56 Å². The molecule has 0 radical (unpaired) electrons. The predicted molar refractivity (Wildman–Crippen MR) is 119 cm³/mol.